The van der Waals surface area contributed by atoms with Gasteiger partial charge in [-0.05, 0) is 28.5 Å². The van der Waals surface area contributed by atoms with Crippen LogP contribution < -0.4 is 10.1 Å². The Kier molecular flexibility index (Phi) is 4.33. The molecule has 1 atom stereocenters. The number of nitrogens with zero attached hydrogens (tertiary/aromatic N) is 1. The second-order valence-electron chi connectivity index (χ2n) is 9.01. The zero-order chi connectivity index (χ0) is 20.1. The molecule has 3 rings (SSSR count). The van der Waals surface area contributed by atoms with Crippen molar-refractivity contribution >= 4 is 11.4 Å². The van der Waals surface area contributed by atoms with Gasteiger partial charge in [-0.1, -0.05) is 53.7 Å². The number of phenols is 1. The molecular weight excluding hydrogens is 344 g/mol. The lowest BCUT2D eigenvalue weighted by molar-refractivity contribution is -0.386. The molecule has 27 heavy (non-hydrogen) atoms. The van der Waals surface area contributed by atoms with Crippen LogP contribution in [0, 0.1) is 10.1 Å². The maximum Gasteiger partial charge on any atom is 0.311 e. The molecular formula is C21H26N2O4. The van der Waals surface area contributed by atoms with E-state index in [1.54, 1.807) is 12.1 Å². The van der Waals surface area contributed by atoms with Crippen LogP contribution in [0.15, 0.2) is 30.3 Å². The summed E-state index contributed by atoms with van der Waals surface area (Å²) in [5, 5.41) is 24.8. The van der Waals surface area contributed by atoms with E-state index in [9.17, 15) is 15.2 Å². The molecule has 0 amide bonds. The zero-order valence-electron chi connectivity index (χ0n) is 16.6. The zero-order valence-corrected chi connectivity index (χ0v) is 16.6. The molecule has 6 nitrogen and oxygen atoms in total. The summed E-state index contributed by atoms with van der Waals surface area (Å²) >= 11 is 0. The van der Waals surface area contributed by atoms with Crippen LogP contribution in [0.4, 0.5) is 11.4 Å². The van der Waals surface area contributed by atoms with Crippen LogP contribution >= 0.6 is 0 Å². The second kappa shape index (κ2) is 6.15. The third-order valence-electron chi connectivity index (χ3n) is 4.81. The number of anilines is 1. The average molecular weight is 370 g/mol. The fraction of sp³-hybridized carbons (Fsp3) is 0.429. The van der Waals surface area contributed by atoms with Crippen LogP contribution in [-0.4, -0.2) is 10.0 Å². The molecule has 0 aromatic heterocycles. The Morgan fingerprint density at radius 3 is 2.33 bits per heavy atom. The van der Waals surface area contributed by atoms with Crippen LogP contribution in [0.2, 0.25) is 0 Å². The fourth-order valence-corrected chi connectivity index (χ4v) is 3.19. The van der Waals surface area contributed by atoms with E-state index in [0.717, 1.165) is 17.0 Å². The monoisotopic (exact) mass is 370 g/mol. The van der Waals surface area contributed by atoms with E-state index in [4.69, 9.17) is 4.74 Å². The van der Waals surface area contributed by atoms with Crippen molar-refractivity contribution in [2.45, 2.75) is 58.6 Å². The predicted octanol–water partition coefficient (Wildman–Crippen LogP) is 5.40. The molecule has 0 bridgehead atoms. The third kappa shape index (κ3) is 3.44. The van der Waals surface area contributed by atoms with Gasteiger partial charge >= 0.3 is 5.69 Å². The molecule has 0 spiro atoms. The Labute approximate surface area is 159 Å². The van der Waals surface area contributed by atoms with Crippen LogP contribution in [0.3, 0.4) is 0 Å². The van der Waals surface area contributed by atoms with Gasteiger partial charge in [0.15, 0.2) is 0 Å². The molecule has 0 saturated heterocycles. The Morgan fingerprint density at radius 2 is 1.78 bits per heavy atom. The predicted molar refractivity (Wildman–Crippen MR) is 106 cm³/mol. The number of nitro benzene ring substituents is 1. The van der Waals surface area contributed by atoms with Crippen LogP contribution in [0.25, 0.3) is 0 Å². The first-order valence-electron chi connectivity index (χ1n) is 8.98. The molecule has 2 N–H and O–H groups in total. The summed E-state index contributed by atoms with van der Waals surface area (Å²) in [4.78, 5) is 10.5. The minimum absolute atomic E-state index is 0.0392. The maximum absolute atomic E-state index is 11.1. The Balaban J connectivity index is 2.09. The van der Waals surface area contributed by atoms with E-state index >= 15 is 0 Å². The van der Waals surface area contributed by atoms with Gasteiger partial charge in [0.1, 0.15) is 5.75 Å². The van der Waals surface area contributed by atoms with Crippen molar-refractivity contribution in [1.82, 2.24) is 0 Å². The molecule has 0 saturated carbocycles. The second-order valence-corrected chi connectivity index (χ2v) is 9.01. The summed E-state index contributed by atoms with van der Waals surface area (Å²) in [6.07, 6.45) is -0.684. The SMILES string of the molecule is CC(C)(C)c1cc2c(c(C(C)(C)C)c1)O[C@H](c1cccc([N+](=O)[O-])c1O)N2. The number of benzene rings is 2. The number of hydrogen-bond acceptors (Lipinski definition) is 5. The highest BCUT2D eigenvalue weighted by Gasteiger charge is 2.34. The van der Waals surface area contributed by atoms with Crippen LogP contribution in [0.1, 0.15) is 64.5 Å². The lowest BCUT2D eigenvalue weighted by Crippen LogP contribution is -2.17. The molecule has 0 unspecified atom stereocenters. The van der Waals surface area contributed by atoms with Crippen LogP contribution in [0.5, 0.6) is 11.5 Å². The Hall–Kier alpha value is -2.76. The van der Waals surface area contributed by atoms with Gasteiger partial charge in [-0.25, -0.2) is 0 Å². The summed E-state index contributed by atoms with van der Waals surface area (Å²) in [5.74, 6) is 0.354. The van der Waals surface area contributed by atoms with Crippen molar-refractivity contribution in [3.05, 3.63) is 57.1 Å². The normalized spacial score (nSPS) is 16.4. The van der Waals surface area contributed by atoms with Crippen molar-refractivity contribution in [2.75, 3.05) is 5.32 Å². The Morgan fingerprint density at radius 1 is 1.11 bits per heavy atom. The molecule has 0 fully saturated rings. The number of hydrogen-bond donors (Lipinski definition) is 2. The number of phenolic OH excluding ortho intramolecular Hbond substituents is 1. The molecule has 0 aliphatic carbocycles. The molecule has 2 aromatic rings. The largest absolute Gasteiger partial charge is 0.502 e. The van der Waals surface area contributed by atoms with Gasteiger partial charge in [-0.3, -0.25) is 10.1 Å². The third-order valence-corrected chi connectivity index (χ3v) is 4.81. The molecule has 1 aliphatic heterocycles. The maximum atomic E-state index is 11.1. The summed E-state index contributed by atoms with van der Waals surface area (Å²) in [6, 6.07) is 8.67. The summed E-state index contributed by atoms with van der Waals surface area (Å²) < 4.78 is 6.14. The number of rotatable bonds is 2. The topological polar surface area (TPSA) is 84.6 Å². The highest BCUT2D eigenvalue weighted by molar-refractivity contribution is 5.69. The molecule has 0 radical (unpaired) electrons. The number of para-hydroxylation sites is 1. The first kappa shape index (κ1) is 19.0. The summed E-state index contributed by atoms with van der Waals surface area (Å²) in [5.41, 5.74) is 2.90. The quantitative estimate of drug-likeness (QED) is 0.546. The van der Waals surface area contributed by atoms with Gasteiger partial charge in [-0.15, -0.1) is 0 Å². The molecule has 144 valence electrons. The minimum atomic E-state index is -0.684. The van der Waals surface area contributed by atoms with Gasteiger partial charge in [0.05, 0.1) is 16.2 Å². The van der Waals surface area contributed by atoms with Crippen molar-refractivity contribution in [3.63, 3.8) is 0 Å². The van der Waals surface area contributed by atoms with Gasteiger partial charge in [0, 0.05) is 11.6 Å². The van der Waals surface area contributed by atoms with Crippen LogP contribution in [-0.2, 0) is 10.8 Å². The van der Waals surface area contributed by atoms with Gasteiger partial charge in [0.2, 0.25) is 12.0 Å². The fourth-order valence-electron chi connectivity index (χ4n) is 3.19. The Bertz CT molecular complexity index is 908. The number of nitrogens with one attached hydrogen (secondary N) is 1. The first-order valence-corrected chi connectivity index (χ1v) is 8.98. The minimum Gasteiger partial charge on any atom is -0.502 e. The highest BCUT2D eigenvalue weighted by atomic mass is 16.6. The van der Waals surface area contributed by atoms with E-state index in [2.05, 4.69) is 59.0 Å². The molecule has 6 heteroatoms. The lowest BCUT2D eigenvalue weighted by Gasteiger charge is -2.26. The van der Waals surface area contributed by atoms with E-state index < -0.39 is 11.2 Å². The molecule has 2 aromatic carbocycles. The van der Waals surface area contributed by atoms with E-state index in [1.807, 2.05) is 0 Å². The highest BCUT2D eigenvalue weighted by Crippen LogP contribution is 2.48. The number of aromatic hydroxyl groups is 1. The summed E-state index contributed by atoms with van der Waals surface area (Å²) in [6.45, 7) is 12.8. The number of ether oxygens (including phenoxy) is 1. The number of nitro groups is 1. The smallest absolute Gasteiger partial charge is 0.311 e. The van der Waals surface area contributed by atoms with Crippen molar-refractivity contribution in [3.8, 4) is 11.5 Å². The van der Waals surface area contributed by atoms with Gasteiger partial charge < -0.3 is 15.2 Å². The van der Waals surface area contributed by atoms with E-state index in [-0.39, 0.29) is 22.3 Å². The first-order chi connectivity index (χ1) is 12.4. The van der Waals surface area contributed by atoms with E-state index in [1.165, 1.54) is 11.6 Å². The average Bonchev–Trinajstić information content (AvgIpc) is 2.95. The standard InChI is InChI=1S/C21H26N2O4/c1-20(2,3)12-10-14(21(4,5)6)18-15(11-12)22-19(27-18)13-8-7-9-16(17(13)24)23(25)26/h7-11,19,22,24H,1-6H3/t19-/m1/s1. The lowest BCUT2D eigenvalue weighted by atomic mass is 9.80. The van der Waals surface area contributed by atoms with Crippen molar-refractivity contribution < 1.29 is 14.8 Å². The molecule has 1 aliphatic rings. The van der Waals surface area contributed by atoms with E-state index in [0.29, 0.717) is 5.56 Å². The summed E-state index contributed by atoms with van der Waals surface area (Å²) in [7, 11) is 0. The van der Waals surface area contributed by atoms with Crippen molar-refractivity contribution in [1.29, 1.82) is 0 Å². The van der Waals surface area contributed by atoms with Gasteiger partial charge in [-0.2, -0.15) is 0 Å². The van der Waals surface area contributed by atoms with Crippen molar-refractivity contribution in [2.24, 2.45) is 0 Å². The van der Waals surface area contributed by atoms with Gasteiger partial charge in [0.25, 0.3) is 0 Å². The molecule has 1 heterocycles. The number of fused-ring (bicyclic) bond motifs is 1.